The average molecular weight is 167 g/mol. The minimum atomic E-state index is -1.06. The van der Waals surface area contributed by atoms with Crippen molar-refractivity contribution in [3.63, 3.8) is 0 Å². The Morgan fingerprint density at radius 2 is 2.17 bits per heavy atom. The zero-order valence-corrected chi connectivity index (χ0v) is 6.32. The van der Waals surface area contributed by atoms with E-state index in [1.807, 2.05) is 0 Å². The van der Waals surface area contributed by atoms with Crippen molar-refractivity contribution in [3.05, 3.63) is 29.3 Å². The van der Waals surface area contributed by atoms with Gasteiger partial charge in [-0.15, -0.1) is 0 Å². The number of carboxylic acids is 1. The number of anilines is 1. The number of nitrogen functional groups attached to an aromatic ring is 1. The molecule has 12 heavy (non-hydrogen) atoms. The number of benzene rings is 1. The number of carboxylic acid groups (broad SMARTS) is 1. The Morgan fingerprint density at radius 3 is 2.67 bits per heavy atom. The molecule has 0 aliphatic carbocycles. The van der Waals surface area contributed by atoms with Crippen molar-refractivity contribution in [2.75, 3.05) is 5.73 Å². The first-order valence-electron chi connectivity index (χ1n) is 3.37. The van der Waals surface area contributed by atoms with Gasteiger partial charge in [0.25, 0.3) is 0 Å². The van der Waals surface area contributed by atoms with Crippen LogP contribution in [-0.4, -0.2) is 16.2 Å². The quantitative estimate of drug-likeness (QED) is 0.559. The Balaban J connectivity index is 3.20. The summed E-state index contributed by atoms with van der Waals surface area (Å²) in [4.78, 5) is 10.5. The second-order valence-corrected chi connectivity index (χ2v) is 2.38. The van der Waals surface area contributed by atoms with Crippen LogP contribution in [-0.2, 0) is 6.61 Å². The second-order valence-electron chi connectivity index (χ2n) is 2.38. The maximum Gasteiger partial charge on any atom is 0.336 e. The summed E-state index contributed by atoms with van der Waals surface area (Å²) in [6.07, 6.45) is 0. The van der Waals surface area contributed by atoms with Gasteiger partial charge in [0.1, 0.15) is 0 Å². The van der Waals surface area contributed by atoms with E-state index >= 15 is 0 Å². The van der Waals surface area contributed by atoms with Crippen molar-refractivity contribution in [2.45, 2.75) is 6.61 Å². The third-order valence-electron chi connectivity index (χ3n) is 1.53. The van der Waals surface area contributed by atoms with Crippen LogP contribution in [0.15, 0.2) is 18.2 Å². The minimum absolute atomic E-state index is 0.0895. The highest BCUT2D eigenvalue weighted by Gasteiger charge is 2.08. The van der Waals surface area contributed by atoms with Gasteiger partial charge in [0.15, 0.2) is 0 Å². The maximum absolute atomic E-state index is 10.5. The average Bonchev–Trinajstić information content (AvgIpc) is 2.03. The summed E-state index contributed by atoms with van der Waals surface area (Å²) in [5.74, 6) is -1.06. The predicted octanol–water partition coefficient (Wildman–Crippen LogP) is 0.459. The minimum Gasteiger partial charge on any atom is -0.478 e. The number of hydrogen-bond donors (Lipinski definition) is 3. The highest BCUT2D eigenvalue weighted by atomic mass is 16.4. The number of aliphatic hydroxyl groups is 1. The Kier molecular flexibility index (Phi) is 2.30. The molecule has 4 N–H and O–H groups in total. The molecule has 0 bridgehead atoms. The SMILES string of the molecule is Nc1ccc(C(=O)O)c(CO)c1. The molecule has 0 radical (unpaired) electrons. The second kappa shape index (κ2) is 3.23. The van der Waals surface area contributed by atoms with Crippen LogP contribution in [0.4, 0.5) is 5.69 Å². The Bertz CT molecular complexity index is 309. The fourth-order valence-electron chi connectivity index (χ4n) is 0.953. The molecule has 0 spiro atoms. The van der Waals surface area contributed by atoms with Gasteiger partial charge in [-0.1, -0.05) is 0 Å². The molecule has 1 aromatic rings. The van der Waals surface area contributed by atoms with Crippen LogP contribution < -0.4 is 5.73 Å². The molecular formula is C8H9NO3. The molecule has 0 saturated heterocycles. The molecule has 64 valence electrons. The molecule has 0 aromatic heterocycles. The van der Waals surface area contributed by atoms with E-state index < -0.39 is 5.97 Å². The van der Waals surface area contributed by atoms with Crippen LogP contribution in [0.3, 0.4) is 0 Å². The van der Waals surface area contributed by atoms with Crippen molar-refractivity contribution in [2.24, 2.45) is 0 Å². The van der Waals surface area contributed by atoms with Gasteiger partial charge in [-0.2, -0.15) is 0 Å². The van der Waals surface area contributed by atoms with Crippen molar-refractivity contribution in [1.82, 2.24) is 0 Å². The lowest BCUT2D eigenvalue weighted by Gasteiger charge is -2.02. The van der Waals surface area contributed by atoms with Gasteiger partial charge in [-0.25, -0.2) is 4.79 Å². The molecule has 0 unspecified atom stereocenters. The molecule has 0 heterocycles. The number of nitrogens with two attached hydrogens (primary N) is 1. The lowest BCUT2D eigenvalue weighted by atomic mass is 10.1. The standard InChI is InChI=1S/C8H9NO3/c9-6-1-2-7(8(11)12)5(3-6)4-10/h1-3,10H,4,9H2,(H,11,12). The lowest BCUT2D eigenvalue weighted by Crippen LogP contribution is -2.03. The molecule has 4 nitrogen and oxygen atoms in total. The van der Waals surface area contributed by atoms with E-state index in [0.29, 0.717) is 11.3 Å². The summed E-state index contributed by atoms with van der Waals surface area (Å²) in [6.45, 7) is -0.313. The first kappa shape index (κ1) is 8.55. The molecule has 1 rings (SSSR count). The molecule has 0 fully saturated rings. The van der Waals surface area contributed by atoms with Gasteiger partial charge < -0.3 is 15.9 Å². The highest BCUT2D eigenvalue weighted by Crippen LogP contribution is 2.13. The van der Waals surface area contributed by atoms with Gasteiger partial charge in [0, 0.05) is 5.69 Å². The van der Waals surface area contributed by atoms with Crippen LogP contribution in [0, 0.1) is 0 Å². The Morgan fingerprint density at radius 1 is 1.50 bits per heavy atom. The Labute approximate surface area is 69.3 Å². The first-order chi connectivity index (χ1) is 5.65. The number of aromatic carboxylic acids is 1. The summed E-state index contributed by atoms with van der Waals surface area (Å²) >= 11 is 0. The van der Waals surface area contributed by atoms with Crippen LogP contribution >= 0.6 is 0 Å². The first-order valence-corrected chi connectivity index (χ1v) is 3.37. The van der Waals surface area contributed by atoms with Gasteiger partial charge in [0.05, 0.1) is 12.2 Å². The summed E-state index contributed by atoms with van der Waals surface area (Å²) in [7, 11) is 0. The molecule has 4 heteroatoms. The van der Waals surface area contributed by atoms with Gasteiger partial charge in [-0.05, 0) is 23.8 Å². The van der Waals surface area contributed by atoms with Gasteiger partial charge in [-0.3, -0.25) is 0 Å². The van der Waals surface area contributed by atoms with Crippen molar-refractivity contribution >= 4 is 11.7 Å². The van der Waals surface area contributed by atoms with E-state index in [0.717, 1.165) is 0 Å². The number of carbonyl (C=O) groups is 1. The summed E-state index contributed by atoms with van der Waals surface area (Å²) in [6, 6.07) is 4.31. The summed E-state index contributed by atoms with van der Waals surface area (Å²) < 4.78 is 0. The predicted molar refractivity (Wildman–Crippen MR) is 43.7 cm³/mol. The molecular weight excluding hydrogens is 158 g/mol. The molecule has 1 aromatic carbocycles. The van der Waals surface area contributed by atoms with E-state index in [-0.39, 0.29) is 12.2 Å². The van der Waals surface area contributed by atoms with Crippen LogP contribution in [0.1, 0.15) is 15.9 Å². The summed E-state index contributed by atoms with van der Waals surface area (Å²) in [5, 5.41) is 17.4. The third-order valence-corrected chi connectivity index (χ3v) is 1.53. The molecule has 0 saturated carbocycles. The molecule has 0 amide bonds. The monoisotopic (exact) mass is 167 g/mol. The van der Waals surface area contributed by atoms with E-state index in [2.05, 4.69) is 0 Å². The van der Waals surface area contributed by atoms with Gasteiger partial charge in [0.2, 0.25) is 0 Å². The van der Waals surface area contributed by atoms with E-state index in [1.165, 1.54) is 18.2 Å². The Hall–Kier alpha value is -1.55. The zero-order valence-electron chi connectivity index (χ0n) is 6.32. The van der Waals surface area contributed by atoms with E-state index in [4.69, 9.17) is 15.9 Å². The normalized spacial score (nSPS) is 9.75. The number of hydrogen-bond acceptors (Lipinski definition) is 3. The third kappa shape index (κ3) is 1.54. The smallest absolute Gasteiger partial charge is 0.336 e. The van der Waals surface area contributed by atoms with E-state index in [1.54, 1.807) is 0 Å². The zero-order chi connectivity index (χ0) is 9.14. The number of rotatable bonds is 2. The van der Waals surface area contributed by atoms with E-state index in [9.17, 15) is 4.79 Å². The van der Waals surface area contributed by atoms with Crippen LogP contribution in [0.2, 0.25) is 0 Å². The summed E-state index contributed by atoms with van der Waals surface area (Å²) in [5.41, 5.74) is 6.27. The molecule has 0 aliphatic rings. The maximum atomic E-state index is 10.5. The number of aliphatic hydroxyl groups excluding tert-OH is 1. The van der Waals surface area contributed by atoms with Crippen LogP contribution in [0.5, 0.6) is 0 Å². The lowest BCUT2D eigenvalue weighted by molar-refractivity contribution is 0.0693. The molecule has 0 atom stereocenters. The molecule has 0 aliphatic heterocycles. The van der Waals surface area contributed by atoms with Crippen LogP contribution in [0.25, 0.3) is 0 Å². The topological polar surface area (TPSA) is 83.6 Å². The fourth-order valence-corrected chi connectivity index (χ4v) is 0.953. The van der Waals surface area contributed by atoms with Crippen molar-refractivity contribution < 1.29 is 15.0 Å². The van der Waals surface area contributed by atoms with Gasteiger partial charge >= 0.3 is 5.97 Å². The van der Waals surface area contributed by atoms with Crippen molar-refractivity contribution in [3.8, 4) is 0 Å². The highest BCUT2D eigenvalue weighted by molar-refractivity contribution is 5.89. The van der Waals surface area contributed by atoms with Crippen molar-refractivity contribution in [1.29, 1.82) is 0 Å². The fraction of sp³-hybridized carbons (Fsp3) is 0.125. The largest absolute Gasteiger partial charge is 0.478 e.